The number of carbonyl (C=O) groups excluding carboxylic acids is 1. The Morgan fingerprint density at radius 2 is 1.92 bits per heavy atom. The predicted octanol–water partition coefficient (Wildman–Crippen LogP) is 1.40. The Hall–Kier alpha value is -1.64. The number of benzene rings is 1. The van der Waals surface area contributed by atoms with E-state index < -0.39 is 10.2 Å². The van der Waals surface area contributed by atoms with Crippen LogP contribution in [0.15, 0.2) is 24.3 Å². The molecule has 1 atom stereocenters. The van der Waals surface area contributed by atoms with E-state index in [1.54, 1.807) is 0 Å². The number of para-hydroxylation sites is 1. The first-order valence-corrected chi connectivity index (χ1v) is 10.3. The molecular weight excluding hydrogens is 354 g/mol. The number of nitrogens with zero attached hydrogens (tertiary/aromatic N) is 2. The summed E-state index contributed by atoms with van der Waals surface area (Å²) < 4.78 is 32.6. The minimum atomic E-state index is -3.40. The van der Waals surface area contributed by atoms with Crippen LogP contribution in [-0.2, 0) is 15.0 Å². The summed E-state index contributed by atoms with van der Waals surface area (Å²) in [6.45, 7) is 5.01. The molecule has 1 aromatic carbocycles. The molecule has 0 spiro atoms. The van der Waals surface area contributed by atoms with Crippen LogP contribution in [0.5, 0.6) is 5.75 Å². The smallest absolute Gasteiger partial charge is 0.281 e. The summed E-state index contributed by atoms with van der Waals surface area (Å²) in [7, 11) is -0.364. The quantitative estimate of drug-likeness (QED) is 0.772. The molecule has 1 fully saturated rings. The number of rotatable bonds is 7. The van der Waals surface area contributed by atoms with Gasteiger partial charge in [0.2, 0.25) is 5.91 Å². The van der Waals surface area contributed by atoms with Gasteiger partial charge >= 0.3 is 0 Å². The van der Waals surface area contributed by atoms with Gasteiger partial charge in [0, 0.05) is 33.1 Å². The maximum atomic E-state index is 12.4. The van der Waals surface area contributed by atoms with E-state index in [2.05, 4.69) is 5.32 Å². The lowest BCUT2D eigenvalue weighted by Crippen LogP contribution is -2.48. The van der Waals surface area contributed by atoms with Crippen molar-refractivity contribution >= 4 is 16.1 Å². The number of piperidine rings is 1. The van der Waals surface area contributed by atoms with E-state index >= 15 is 0 Å². The lowest BCUT2D eigenvalue weighted by Gasteiger charge is -2.32. The second kappa shape index (κ2) is 8.83. The monoisotopic (exact) mass is 383 g/mol. The third-order valence-electron chi connectivity index (χ3n) is 4.58. The van der Waals surface area contributed by atoms with Gasteiger partial charge < -0.3 is 10.1 Å². The highest BCUT2D eigenvalue weighted by Crippen LogP contribution is 2.21. The molecule has 0 bridgehead atoms. The standard InChI is InChI=1S/C18H29N3O4S/c1-14-7-5-6-8-17(14)25-13-15(2)19-18(22)16-9-11-21(12-10-16)26(23,24)20(3)4/h5-8,15-16H,9-13H2,1-4H3,(H,19,22). The maximum absolute atomic E-state index is 12.4. The molecule has 26 heavy (non-hydrogen) atoms. The zero-order valence-electron chi connectivity index (χ0n) is 15.9. The van der Waals surface area contributed by atoms with Gasteiger partial charge in [0.25, 0.3) is 10.2 Å². The fourth-order valence-electron chi connectivity index (χ4n) is 2.92. The first-order valence-electron chi connectivity index (χ1n) is 8.88. The number of carbonyl (C=O) groups is 1. The summed E-state index contributed by atoms with van der Waals surface area (Å²) in [5.41, 5.74) is 1.06. The van der Waals surface area contributed by atoms with Gasteiger partial charge in [-0.15, -0.1) is 0 Å². The van der Waals surface area contributed by atoms with Crippen molar-refractivity contribution in [3.05, 3.63) is 29.8 Å². The average molecular weight is 384 g/mol. The van der Waals surface area contributed by atoms with Crippen molar-refractivity contribution in [2.24, 2.45) is 5.92 Å². The lowest BCUT2D eigenvalue weighted by atomic mass is 9.97. The van der Waals surface area contributed by atoms with Gasteiger partial charge in [0.15, 0.2) is 0 Å². The maximum Gasteiger partial charge on any atom is 0.281 e. The Bertz CT molecular complexity index is 713. The molecule has 0 radical (unpaired) electrons. The molecule has 2 rings (SSSR count). The van der Waals surface area contributed by atoms with Crippen LogP contribution < -0.4 is 10.1 Å². The zero-order valence-corrected chi connectivity index (χ0v) is 16.8. The molecule has 1 saturated heterocycles. The van der Waals surface area contributed by atoms with Crippen molar-refractivity contribution in [2.45, 2.75) is 32.7 Å². The summed E-state index contributed by atoms with van der Waals surface area (Å²) >= 11 is 0. The fraction of sp³-hybridized carbons (Fsp3) is 0.611. The van der Waals surface area contributed by atoms with Crippen molar-refractivity contribution in [2.75, 3.05) is 33.8 Å². The SMILES string of the molecule is Cc1ccccc1OCC(C)NC(=O)C1CCN(S(=O)(=O)N(C)C)CC1. The van der Waals surface area contributed by atoms with Crippen molar-refractivity contribution in [3.63, 3.8) is 0 Å². The minimum Gasteiger partial charge on any atom is -0.491 e. The topological polar surface area (TPSA) is 79.0 Å². The first kappa shape index (κ1) is 20.7. The Morgan fingerprint density at radius 1 is 1.31 bits per heavy atom. The largest absolute Gasteiger partial charge is 0.491 e. The van der Waals surface area contributed by atoms with Crippen LogP contribution in [0.4, 0.5) is 0 Å². The van der Waals surface area contributed by atoms with Crippen LogP contribution >= 0.6 is 0 Å². The summed E-state index contributed by atoms with van der Waals surface area (Å²) in [6, 6.07) is 7.64. The Morgan fingerprint density at radius 3 is 2.50 bits per heavy atom. The molecule has 1 aliphatic heterocycles. The highest BCUT2D eigenvalue weighted by atomic mass is 32.2. The second-order valence-corrected chi connectivity index (χ2v) is 9.09. The molecule has 1 aromatic rings. The number of ether oxygens (including phenoxy) is 1. The first-order chi connectivity index (χ1) is 12.2. The van der Waals surface area contributed by atoms with Gasteiger partial charge in [-0.05, 0) is 38.3 Å². The van der Waals surface area contributed by atoms with Gasteiger partial charge in [0.1, 0.15) is 12.4 Å². The fourth-order valence-corrected chi connectivity index (χ4v) is 4.05. The van der Waals surface area contributed by atoms with E-state index in [4.69, 9.17) is 4.74 Å². The van der Waals surface area contributed by atoms with E-state index in [-0.39, 0.29) is 17.9 Å². The molecule has 1 amide bonds. The van der Waals surface area contributed by atoms with Crippen molar-refractivity contribution < 1.29 is 17.9 Å². The number of aryl methyl sites for hydroxylation is 1. The molecule has 1 N–H and O–H groups in total. The number of nitrogens with one attached hydrogen (secondary N) is 1. The van der Waals surface area contributed by atoms with Gasteiger partial charge in [-0.2, -0.15) is 17.0 Å². The molecule has 1 unspecified atom stereocenters. The van der Waals surface area contributed by atoms with Gasteiger partial charge in [0.05, 0.1) is 6.04 Å². The van der Waals surface area contributed by atoms with Crippen molar-refractivity contribution in [3.8, 4) is 5.75 Å². The lowest BCUT2D eigenvalue weighted by molar-refractivity contribution is -0.126. The second-order valence-electron chi connectivity index (χ2n) is 6.95. The van der Waals surface area contributed by atoms with Crippen LogP contribution in [0.1, 0.15) is 25.3 Å². The molecule has 146 valence electrons. The third kappa shape index (κ3) is 5.18. The highest BCUT2D eigenvalue weighted by molar-refractivity contribution is 7.86. The molecule has 8 heteroatoms. The summed E-state index contributed by atoms with van der Waals surface area (Å²) in [5, 5.41) is 2.97. The van der Waals surface area contributed by atoms with E-state index in [1.807, 2.05) is 38.1 Å². The van der Waals surface area contributed by atoms with Crippen LogP contribution in [0.3, 0.4) is 0 Å². The minimum absolute atomic E-state index is 0.0345. The molecule has 0 aromatic heterocycles. The van der Waals surface area contributed by atoms with Crippen LogP contribution in [0, 0.1) is 12.8 Å². The zero-order chi connectivity index (χ0) is 19.3. The average Bonchev–Trinajstić information content (AvgIpc) is 2.61. The van der Waals surface area contributed by atoms with Crippen LogP contribution in [0.25, 0.3) is 0 Å². The Labute approximate surface area is 156 Å². The van der Waals surface area contributed by atoms with Crippen LogP contribution in [0.2, 0.25) is 0 Å². The van der Waals surface area contributed by atoms with E-state index in [0.717, 1.165) is 11.3 Å². The molecule has 0 aliphatic carbocycles. The summed E-state index contributed by atoms with van der Waals surface area (Å²) in [5.74, 6) is 0.619. The van der Waals surface area contributed by atoms with E-state index in [0.29, 0.717) is 32.5 Å². The van der Waals surface area contributed by atoms with Gasteiger partial charge in [-0.25, -0.2) is 0 Å². The van der Waals surface area contributed by atoms with Gasteiger partial charge in [-0.1, -0.05) is 18.2 Å². The Balaban J connectivity index is 1.79. The van der Waals surface area contributed by atoms with Crippen LogP contribution in [-0.4, -0.2) is 62.8 Å². The number of amides is 1. The normalized spacial score (nSPS) is 17.9. The van der Waals surface area contributed by atoms with Gasteiger partial charge in [-0.3, -0.25) is 4.79 Å². The molecular formula is C18H29N3O4S. The van der Waals surface area contributed by atoms with Crippen molar-refractivity contribution in [1.29, 1.82) is 0 Å². The number of hydrogen-bond donors (Lipinski definition) is 1. The Kier molecular flexibility index (Phi) is 7.02. The summed E-state index contributed by atoms with van der Waals surface area (Å²) in [4.78, 5) is 12.4. The molecule has 0 saturated carbocycles. The summed E-state index contributed by atoms with van der Waals surface area (Å²) in [6.07, 6.45) is 1.06. The van der Waals surface area contributed by atoms with E-state index in [1.165, 1.54) is 22.7 Å². The molecule has 7 nitrogen and oxygen atoms in total. The molecule has 1 heterocycles. The van der Waals surface area contributed by atoms with Crippen molar-refractivity contribution in [1.82, 2.24) is 13.9 Å². The predicted molar refractivity (Wildman–Crippen MR) is 101 cm³/mol. The van der Waals surface area contributed by atoms with E-state index in [9.17, 15) is 13.2 Å². The third-order valence-corrected chi connectivity index (χ3v) is 6.52. The number of hydrogen-bond acceptors (Lipinski definition) is 4. The molecule has 1 aliphatic rings. The highest BCUT2D eigenvalue weighted by Gasteiger charge is 2.32.